The predicted octanol–water partition coefficient (Wildman–Crippen LogP) is 1.16. The summed E-state index contributed by atoms with van der Waals surface area (Å²) in [6.07, 6.45) is 1.63. The van der Waals surface area contributed by atoms with Crippen molar-refractivity contribution in [2.45, 2.75) is 19.4 Å². The maximum atomic E-state index is 12.3. The van der Waals surface area contributed by atoms with Gasteiger partial charge < -0.3 is 15.7 Å². The number of aliphatic hydroxyl groups excluding tert-OH is 1. The summed E-state index contributed by atoms with van der Waals surface area (Å²) >= 11 is 5.96. The first-order chi connectivity index (χ1) is 8.49. The number of aromatic nitrogens is 1. The molecule has 0 bridgehead atoms. The van der Waals surface area contributed by atoms with E-state index in [1.54, 1.807) is 4.90 Å². The second-order valence-corrected chi connectivity index (χ2v) is 5.08. The number of rotatable bonds is 1. The minimum atomic E-state index is -0.341. The third-order valence-corrected chi connectivity index (χ3v) is 3.56. The number of piperidine rings is 1. The fraction of sp³-hybridized carbons (Fsp3) is 0.500. The lowest BCUT2D eigenvalue weighted by Crippen LogP contribution is -2.45. The maximum absolute atomic E-state index is 12.3. The lowest BCUT2D eigenvalue weighted by atomic mass is 9.96. The summed E-state index contributed by atoms with van der Waals surface area (Å²) in [5.41, 5.74) is 5.93. The fourth-order valence-corrected chi connectivity index (χ4v) is 2.29. The Morgan fingerprint density at radius 3 is 3.06 bits per heavy atom. The quantitative estimate of drug-likeness (QED) is 0.802. The topological polar surface area (TPSA) is 79.5 Å². The van der Waals surface area contributed by atoms with Crippen LogP contribution in [0, 0.1) is 5.92 Å². The highest BCUT2D eigenvalue weighted by Crippen LogP contribution is 2.22. The van der Waals surface area contributed by atoms with Gasteiger partial charge in [-0.1, -0.05) is 18.5 Å². The van der Waals surface area contributed by atoms with Crippen LogP contribution in [0.4, 0.5) is 5.82 Å². The predicted molar refractivity (Wildman–Crippen MR) is 69.4 cm³/mol. The molecule has 0 aromatic carbocycles. The third kappa shape index (κ3) is 2.57. The van der Waals surface area contributed by atoms with Crippen LogP contribution in [0.3, 0.4) is 0 Å². The molecular weight excluding hydrogens is 254 g/mol. The van der Waals surface area contributed by atoms with E-state index >= 15 is 0 Å². The molecule has 2 unspecified atom stereocenters. The Morgan fingerprint density at radius 2 is 2.39 bits per heavy atom. The van der Waals surface area contributed by atoms with Crippen LogP contribution in [-0.2, 0) is 0 Å². The van der Waals surface area contributed by atoms with Crippen LogP contribution >= 0.6 is 11.6 Å². The number of halogens is 1. The zero-order valence-electron chi connectivity index (χ0n) is 10.1. The highest BCUT2D eigenvalue weighted by Gasteiger charge is 2.28. The Kier molecular flexibility index (Phi) is 3.73. The largest absolute Gasteiger partial charge is 0.393 e. The molecule has 0 spiro atoms. The molecule has 0 saturated carbocycles. The number of anilines is 1. The van der Waals surface area contributed by atoms with Gasteiger partial charge in [-0.05, 0) is 18.4 Å². The molecule has 5 nitrogen and oxygen atoms in total. The van der Waals surface area contributed by atoms with Gasteiger partial charge in [0.15, 0.2) is 0 Å². The second-order valence-electron chi connectivity index (χ2n) is 4.67. The Labute approximate surface area is 111 Å². The van der Waals surface area contributed by atoms with E-state index in [4.69, 9.17) is 17.3 Å². The molecule has 2 atom stereocenters. The van der Waals surface area contributed by atoms with Gasteiger partial charge in [0.05, 0.1) is 16.7 Å². The number of nitrogen functional groups attached to an aromatic ring is 1. The van der Waals surface area contributed by atoms with Crippen LogP contribution in [0.2, 0.25) is 5.02 Å². The Balaban J connectivity index is 2.19. The van der Waals surface area contributed by atoms with Crippen molar-refractivity contribution in [3.8, 4) is 0 Å². The zero-order chi connectivity index (χ0) is 13.3. The van der Waals surface area contributed by atoms with Crippen molar-refractivity contribution in [1.82, 2.24) is 9.88 Å². The Morgan fingerprint density at radius 1 is 1.67 bits per heavy atom. The number of carbonyl (C=O) groups is 1. The Hall–Kier alpha value is -1.33. The van der Waals surface area contributed by atoms with Gasteiger partial charge in [0.25, 0.3) is 5.91 Å². The first-order valence-corrected chi connectivity index (χ1v) is 6.25. The summed E-state index contributed by atoms with van der Waals surface area (Å²) < 4.78 is 0. The minimum absolute atomic E-state index is 0.0701. The maximum Gasteiger partial charge on any atom is 0.255 e. The number of hydrogen-bond donors (Lipinski definition) is 2. The van der Waals surface area contributed by atoms with Crippen LogP contribution in [0.1, 0.15) is 23.7 Å². The van der Waals surface area contributed by atoms with Crippen LogP contribution in [-0.4, -0.2) is 40.1 Å². The molecule has 1 aromatic rings. The Bertz CT molecular complexity index is 467. The van der Waals surface area contributed by atoms with Gasteiger partial charge >= 0.3 is 0 Å². The first-order valence-electron chi connectivity index (χ1n) is 5.87. The van der Waals surface area contributed by atoms with Crippen molar-refractivity contribution in [1.29, 1.82) is 0 Å². The van der Waals surface area contributed by atoms with Crippen molar-refractivity contribution in [2.24, 2.45) is 5.92 Å². The summed E-state index contributed by atoms with van der Waals surface area (Å²) in [5.74, 6) is 0.182. The molecule has 0 aliphatic carbocycles. The normalized spacial score (nSPS) is 24.1. The van der Waals surface area contributed by atoms with E-state index in [2.05, 4.69) is 4.98 Å². The summed E-state index contributed by atoms with van der Waals surface area (Å²) in [7, 11) is 0. The molecule has 0 radical (unpaired) electrons. The minimum Gasteiger partial charge on any atom is -0.393 e. The molecule has 1 amide bonds. The fourth-order valence-electron chi connectivity index (χ4n) is 2.11. The molecule has 6 heteroatoms. The average Bonchev–Trinajstić information content (AvgIpc) is 2.35. The third-order valence-electron chi connectivity index (χ3n) is 3.25. The average molecular weight is 270 g/mol. The van der Waals surface area contributed by atoms with Crippen molar-refractivity contribution in [3.63, 3.8) is 0 Å². The number of amides is 1. The van der Waals surface area contributed by atoms with Gasteiger partial charge in [-0.15, -0.1) is 0 Å². The smallest absolute Gasteiger partial charge is 0.255 e. The summed E-state index contributed by atoms with van der Waals surface area (Å²) in [5, 5.41) is 9.95. The molecule has 98 valence electrons. The number of pyridine rings is 1. The van der Waals surface area contributed by atoms with Crippen LogP contribution in [0.25, 0.3) is 0 Å². The SMILES string of the molecule is CC1CN(C(=O)c2cc(N)ncc2Cl)CCC1O. The number of nitrogens with two attached hydrogens (primary N) is 1. The van der Waals surface area contributed by atoms with Gasteiger partial charge in [0.1, 0.15) is 5.82 Å². The number of nitrogens with zero attached hydrogens (tertiary/aromatic N) is 2. The lowest BCUT2D eigenvalue weighted by molar-refractivity contribution is 0.0297. The van der Waals surface area contributed by atoms with E-state index in [0.29, 0.717) is 30.1 Å². The molecule has 2 rings (SSSR count). The van der Waals surface area contributed by atoms with Crippen LogP contribution < -0.4 is 5.73 Å². The van der Waals surface area contributed by atoms with Gasteiger partial charge in [0.2, 0.25) is 0 Å². The lowest BCUT2D eigenvalue weighted by Gasteiger charge is -2.34. The number of carbonyl (C=O) groups excluding carboxylic acids is 1. The molecule has 18 heavy (non-hydrogen) atoms. The van der Waals surface area contributed by atoms with Crippen LogP contribution in [0.15, 0.2) is 12.3 Å². The summed E-state index contributed by atoms with van der Waals surface area (Å²) in [6, 6.07) is 1.49. The van der Waals surface area contributed by atoms with Gasteiger partial charge in [-0.25, -0.2) is 4.98 Å². The van der Waals surface area contributed by atoms with E-state index in [0.717, 1.165) is 0 Å². The first kappa shape index (κ1) is 13.1. The number of likely N-dealkylation sites (tertiary alicyclic amines) is 1. The molecule has 1 saturated heterocycles. The van der Waals surface area contributed by atoms with Gasteiger partial charge in [-0.3, -0.25) is 4.79 Å². The van der Waals surface area contributed by atoms with E-state index in [9.17, 15) is 9.90 Å². The van der Waals surface area contributed by atoms with E-state index in [1.807, 2.05) is 6.92 Å². The molecule has 2 heterocycles. The molecular formula is C12H16ClN3O2. The van der Waals surface area contributed by atoms with Gasteiger partial charge in [0, 0.05) is 19.3 Å². The second kappa shape index (κ2) is 5.12. The molecule has 3 N–H and O–H groups in total. The zero-order valence-corrected chi connectivity index (χ0v) is 10.9. The summed E-state index contributed by atoms with van der Waals surface area (Å²) in [4.78, 5) is 17.8. The van der Waals surface area contributed by atoms with Crippen molar-refractivity contribution in [2.75, 3.05) is 18.8 Å². The van der Waals surface area contributed by atoms with Gasteiger partial charge in [-0.2, -0.15) is 0 Å². The molecule has 1 aliphatic rings. The monoisotopic (exact) mass is 269 g/mol. The van der Waals surface area contributed by atoms with Crippen LogP contribution in [0.5, 0.6) is 0 Å². The standard InChI is InChI=1S/C12H16ClN3O2/c1-7-6-16(3-2-10(7)17)12(18)8-4-11(14)15-5-9(8)13/h4-5,7,10,17H,2-3,6H2,1H3,(H2,14,15). The molecule has 1 aliphatic heterocycles. The number of hydrogen-bond acceptors (Lipinski definition) is 4. The highest BCUT2D eigenvalue weighted by molar-refractivity contribution is 6.33. The van der Waals surface area contributed by atoms with E-state index in [1.165, 1.54) is 12.3 Å². The molecule has 1 aromatic heterocycles. The molecule has 1 fully saturated rings. The van der Waals surface area contributed by atoms with Crippen molar-refractivity contribution in [3.05, 3.63) is 22.8 Å². The van der Waals surface area contributed by atoms with Crippen molar-refractivity contribution < 1.29 is 9.90 Å². The number of aliphatic hydroxyl groups is 1. The van der Waals surface area contributed by atoms with E-state index < -0.39 is 0 Å². The van der Waals surface area contributed by atoms with Crippen molar-refractivity contribution >= 4 is 23.3 Å². The van der Waals surface area contributed by atoms with E-state index in [-0.39, 0.29) is 23.7 Å². The highest BCUT2D eigenvalue weighted by atomic mass is 35.5. The summed E-state index contributed by atoms with van der Waals surface area (Å²) in [6.45, 7) is 2.98.